The normalized spacial score (nSPS) is 14.2. The van der Waals surface area contributed by atoms with E-state index in [0.717, 1.165) is 95.8 Å². The molecule has 0 bridgehead atoms. The van der Waals surface area contributed by atoms with Crippen molar-refractivity contribution in [3.63, 3.8) is 0 Å². The number of aliphatic imine (C=N–C) groups is 1. The number of para-hydroxylation sites is 1. The number of hydrogen-bond acceptors (Lipinski definition) is 6. The Bertz CT molecular complexity index is 3570. The van der Waals surface area contributed by atoms with Crippen molar-refractivity contribution in [2.24, 2.45) is 4.99 Å². The standard InChI is InChI=1S/C65H64BN6O.Pt/c1-62(2,3)45-31-32-54(48(38-45)42-25-18-14-19-26-42)71-60(49-39-46(63(4,5)6)40-51(58(49)73)65(10,11)12)69-59-61(71)70(47-27-20-15-21-28-47)56-30-22-29-55-68-57-50(64(7,8)9)35-44(36-52(57)66(59)72(55)56)53-37-43(33-34-67-53)41-23-16-13-17-24-41;/h13-35,37-40,73H,1-12H3;/q-1;. The summed E-state index contributed by atoms with van der Waals surface area (Å²) in [6, 6.07) is 53.5. The summed E-state index contributed by atoms with van der Waals surface area (Å²) in [6.07, 6.45) is 8.33. The number of fused-ring (bicyclic) bond motifs is 4. The van der Waals surface area contributed by atoms with Gasteiger partial charge >= 0.3 is 6.85 Å². The number of hydrogen-bond donors (Lipinski definition) is 1. The SMILES string of the molecule is CC(C)(C)c1ccc(-n2c(-c3cc(C(C)(C)C)cc(C(C)(C)C)c3O)nc3c2N(c2ccccc2)C2=CC=CC4=Nc5c([c-]c(-c6cc(-c7ccccc7)ccn6)cc5C(C)(C)C)B3N24)c(-c2ccccc2)c1.[Pt]. The molecule has 0 aliphatic carbocycles. The second-order valence-electron chi connectivity index (χ2n) is 23.9. The number of aromatic nitrogens is 3. The van der Waals surface area contributed by atoms with Crippen molar-refractivity contribution in [1.82, 2.24) is 19.3 Å². The molecule has 1 N–H and O–H groups in total. The maximum Gasteiger partial charge on any atom is 0.339 e. The first kappa shape index (κ1) is 50.5. The topological polar surface area (TPSA) is 69.8 Å². The number of allylic oxidation sites excluding steroid dienone is 2. The van der Waals surface area contributed by atoms with Gasteiger partial charge in [0.1, 0.15) is 29.0 Å². The molecule has 9 heteroatoms. The zero-order valence-electron chi connectivity index (χ0n) is 44.6. The Morgan fingerprint density at radius 3 is 1.85 bits per heavy atom. The summed E-state index contributed by atoms with van der Waals surface area (Å²) in [6.45, 7) is 26.3. The van der Waals surface area contributed by atoms with Gasteiger partial charge in [0, 0.05) is 44.1 Å². The van der Waals surface area contributed by atoms with Crippen LogP contribution in [0.15, 0.2) is 175 Å². The molecule has 0 amide bonds. The van der Waals surface area contributed by atoms with Crippen LogP contribution in [0.4, 0.5) is 17.2 Å². The van der Waals surface area contributed by atoms with E-state index < -0.39 is 6.85 Å². The molecule has 0 atom stereocenters. The van der Waals surface area contributed by atoms with Gasteiger partial charge < -0.3 is 14.9 Å². The fourth-order valence-corrected chi connectivity index (χ4v) is 10.6. The molecule has 6 aromatic carbocycles. The van der Waals surface area contributed by atoms with Crippen LogP contribution in [0.3, 0.4) is 0 Å². The van der Waals surface area contributed by atoms with E-state index >= 15 is 0 Å². The molecule has 7 nitrogen and oxygen atoms in total. The van der Waals surface area contributed by atoms with E-state index in [2.05, 4.69) is 255 Å². The molecule has 8 aromatic rings. The Labute approximate surface area is 452 Å². The van der Waals surface area contributed by atoms with Gasteiger partial charge in [-0.25, -0.2) is 4.98 Å². The van der Waals surface area contributed by atoms with E-state index in [9.17, 15) is 5.11 Å². The van der Waals surface area contributed by atoms with E-state index in [1.165, 1.54) is 5.56 Å². The number of rotatable bonds is 6. The maximum absolute atomic E-state index is 13.0. The Morgan fingerprint density at radius 2 is 1.22 bits per heavy atom. The van der Waals surface area contributed by atoms with Gasteiger partial charge in [-0.15, -0.1) is 28.7 Å². The van der Waals surface area contributed by atoms with Crippen LogP contribution >= 0.6 is 0 Å². The average Bonchev–Trinajstić information content (AvgIpc) is 3.75. The number of amidine groups is 1. The molecule has 0 radical (unpaired) electrons. The van der Waals surface area contributed by atoms with Crippen LogP contribution < -0.4 is 16.0 Å². The van der Waals surface area contributed by atoms with Crippen molar-refractivity contribution in [3.8, 4) is 56.3 Å². The Morgan fingerprint density at radius 1 is 0.595 bits per heavy atom. The Hall–Kier alpha value is -7.02. The third kappa shape index (κ3) is 8.79. The zero-order chi connectivity index (χ0) is 51.4. The summed E-state index contributed by atoms with van der Waals surface area (Å²) in [5, 5.41) is 13.0. The van der Waals surface area contributed by atoms with Crippen molar-refractivity contribution in [2.45, 2.75) is 105 Å². The van der Waals surface area contributed by atoms with Crippen LogP contribution in [0.1, 0.15) is 105 Å². The number of nitrogens with zero attached hydrogens (tertiary/aromatic N) is 6. The van der Waals surface area contributed by atoms with Crippen molar-refractivity contribution in [3.05, 3.63) is 198 Å². The summed E-state index contributed by atoms with van der Waals surface area (Å²) < 4.78 is 2.34. The quantitative estimate of drug-likeness (QED) is 0.133. The molecular weight excluding hydrogens is 1090 g/mol. The van der Waals surface area contributed by atoms with Crippen molar-refractivity contribution in [2.75, 3.05) is 4.90 Å². The summed E-state index contributed by atoms with van der Waals surface area (Å²) in [5.41, 5.74) is 14.5. The number of imidazole rings is 1. The molecule has 74 heavy (non-hydrogen) atoms. The molecule has 374 valence electrons. The molecule has 3 aliphatic rings. The van der Waals surface area contributed by atoms with Gasteiger partial charge in [-0.3, -0.25) is 14.5 Å². The van der Waals surface area contributed by atoms with Crippen LogP contribution in [-0.2, 0) is 42.7 Å². The number of benzene rings is 6. The van der Waals surface area contributed by atoms with E-state index in [1.54, 1.807) is 0 Å². The number of aromatic hydroxyl groups is 1. The molecule has 0 saturated carbocycles. The number of pyridine rings is 1. The van der Waals surface area contributed by atoms with E-state index in [4.69, 9.17) is 15.0 Å². The molecule has 3 aliphatic heterocycles. The number of phenolic OH excluding ortho intramolecular Hbond substituents is 1. The number of phenols is 1. The summed E-state index contributed by atoms with van der Waals surface area (Å²) in [5.74, 6) is 3.49. The van der Waals surface area contributed by atoms with Gasteiger partial charge in [0.25, 0.3) is 0 Å². The predicted octanol–water partition coefficient (Wildman–Crippen LogP) is 14.6. The predicted molar refractivity (Wildman–Crippen MR) is 305 cm³/mol. The first-order valence-corrected chi connectivity index (χ1v) is 25.6. The molecule has 5 heterocycles. The minimum atomic E-state index is -0.490. The smallest absolute Gasteiger partial charge is 0.339 e. The van der Waals surface area contributed by atoms with E-state index in [0.29, 0.717) is 11.4 Å². The zero-order valence-corrected chi connectivity index (χ0v) is 46.9. The third-order valence-electron chi connectivity index (χ3n) is 14.6. The maximum atomic E-state index is 13.0. The fraction of sp³-hybridized carbons (Fsp3) is 0.246. The van der Waals surface area contributed by atoms with Gasteiger partial charge in [0.15, 0.2) is 0 Å². The Kier molecular flexibility index (Phi) is 12.6. The van der Waals surface area contributed by atoms with E-state index in [-0.39, 0.29) is 48.5 Å². The minimum absolute atomic E-state index is 0. The molecule has 11 rings (SSSR count). The minimum Gasteiger partial charge on any atom is -0.507 e. The van der Waals surface area contributed by atoms with Gasteiger partial charge in [-0.05, 0) is 109 Å². The molecule has 2 aromatic heterocycles. The third-order valence-corrected chi connectivity index (χ3v) is 14.6. The molecule has 0 unspecified atom stereocenters. The Balaban J connectivity index is 0.00000626. The van der Waals surface area contributed by atoms with Gasteiger partial charge in [-0.1, -0.05) is 186 Å². The second kappa shape index (κ2) is 18.4. The average molecular weight is 1150 g/mol. The molecular formula is C65H64BN6OPt-. The molecule has 0 spiro atoms. The van der Waals surface area contributed by atoms with Crippen LogP contribution in [0.5, 0.6) is 5.75 Å². The monoisotopic (exact) mass is 1150 g/mol. The van der Waals surface area contributed by atoms with Gasteiger partial charge in [-0.2, -0.15) is 0 Å². The van der Waals surface area contributed by atoms with Crippen molar-refractivity contribution in [1.29, 1.82) is 0 Å². The van der Waals surface area contributed by atoms with Crippen molar-refractivity contribution < 1.29 is 26.2 Å². The fourth-order valence-electron chi connectivity index (χ4n) is 10.6. The van der Waals surface area contributed by atoms with Crippen LogP contribution in [0.2, 0.25) is 0 Å². The molecule has 0 saturated heterocycles. The van der Waals surface area contributed by atoms with Crippen LogP contribution in [-0.4, -0.2) is 37.1 Å². The van der Waals surface area contributed by atoms with Gasteiger partial charge in [0.2, 0.25) is 0 Å². The van der Waals surface area contributed by atoms with Crippen LogP contribution in [0, 0.1) is 6.07 Å². The largest absolute Gasteiger partial charge is 0.507 e. The summed E-state index contributed by atoms with van der Waals surface area (Å²) in [4.78, 5) is 21.3. The van der Waals surface area contributed by atoms with Gasteiger partial charge in [0.05, 0.1) is 16.8 Å². The second-order valence-corrected chi connectivity index (χ2v) is 23.9. The number of anilines is 2. The summed E-state index contributed by atoms with van der Waals surface area (Å²) >= 11 is 0. The first-order valence-electron chi connectivity index (χ1n) is 25.6. The molecule has 0 fully saturated rings. The van der Waals surface area contributed by atoms with E-state index in [1.807, 2.05) is 12.3 Å². The van der Waals surface area contributed by atoms with Crippen LogP contribution in [0.25, 0.3) is 50.6 Å². The summed E-state index contributed by atoms with van der Waals surface area (Å²) in [7, 11) is 0. The first-order chi connectivity index (χ1) is 34.7. The van der Waals surface area contributed by atoms with Crippen molar-refractivity contribution >= 4 is 40.9 Å².